The van der Waals surface area contributed by atoms with Crippen molar-refractivity contribution >= 4 is 17.7 Å². The number of pyridine rings is 1. The maximum Gasteiger partial charge on any atom is 0.170 e. The number of Topliss-reactive ketones (excluding diaryl/α,β-unsaturated/α-hetero) is 1. The Morgan fingerprint density at radius 2 is 2.13 bits per heavy atom. The van der Waals surface area contributed by atoms with E-state index in [1.807, 2.05) is 0 Å². The van der Waals surface area contributed by atoms with Crippen molar-refractivity contribution in [3.63, 3.8) is 0 Å². The summed E-state index contributed by atoms with van der Waals surface area (Å²) < 4.78 is 0. The van der Waals surface area contributed by atoms with Gasteiger partial charge in [0.05, 0.1) is 11.4 Å². The Kier molecular flexibility index (Phi) is 6.86. The maximum atomic E-state index is 11.9. The largest absolute Gasteiger partial charge is 0.309 e. The van der Waals surface area contributed by atoms with Crippen LogP contribution in [0.1, 0.15) is 56.1 Å². The van der Waals surface area contributed by atoms with Crippen molar-refractivity contribution in [2.45, 2.75) is 52.6 Å². The van der Waals surface area contributed by atoms with E-state index in [-0.39, 0.29) is 5.78 Å². The summed E-state index contributed by atoms with van der Waals surface area (Å²) in [6.07, 6.45) is 6.11. The van der Waals surface area contributed by atoms with E-state index < -0.39 is 0 Å². The zero-order chi connectivity index (χ0) is 16.7. The molecule has 1 aliphatic rings. The van der Waals surface area contributed by atoms with E-state index in [4.69, 9.17) is 0 Å². The minimum absolute atomic E-state index is 0.130. The van der Waals surface area contributed by atoms with Crippen molar-refractivity contribution in [1.29, 1.82) is 0 Å². The number of carbonyl (C=O) groups is 1. The van der Waals surface area contributed by atoms with E-state index in [9.17, 15) is 4.79 Å². The predicted molar refractivity (Wildman–Crippen MR) is 94.7 cm³/mol. The molecule has 5 nitrogen and oxygen atoms in total. The molecule has 23 heavy (non-hydrogen) atoms. The molecule has 0 amide bonds. The van der Waals surface area contributed by atoms with Gasteiger partial charge in [0.1, 0.15) is 0 Å². The van der Waals surface area contributed by atoms with Crippen molar-refractivity contribution in [2.75, 3.05) is 19.6 Å². The van der Waals surface area contributed by atoms with Crippen LogP contribution >= 0.6 is 0 Å². The minimum Gasteiger partial charge on any atom is -0.309 e. The van der Waals surface area contributed by atoms with Crippen LogP contribution in [0.5, 0.6) is 0 Å². The number of nitrogens with zero attached hydrogens (tertiary/aromatic N) is 3. The molecule has 2 heterocycles. The molecule has 5 heteroatoms. The van der Waals surface area contributed by atoms with E-state index in [1.165, 1.54) is 6.42 Å². The lowest BCUT2D eigenvalue weighted by molar-refractivity contribution is 0.100. The van der Waals surface area contributed by atoms with Gasteiger partial charge >= 0.3 is 0 Å². The van der Waals surface area contributed by atoms with Gasteiger partial charge in [-0.15, -0.1) is 0 Å². The number of hydrogen-bond donors (Lipinski definition) is 1. The van der Waals surface area contributed by atoms with Crippen LogP contribution in [0.15, 0.2) is 17.3 Å². The molecule has 0 saturated heterocycles. The average molecular weight is 316 g/mol. The molecule has 1 N–H and O–H groups in total. The second kappa shape index (κ2) is 8.89. The molecule has 0 fully saturated rings. The van der Waals surface area contributed by atoms with Gasteiger partial charge in [-0.2, -0.15) is 0 Å². The van der Waals surface area contributed by atoms with Crippen LogP contribution in [0.25, 0.3) is 0 Å². The van der Waals surface area contributed by atoms with E-state index in [0.717, 1.165) is 37.4 Å². The van der Waals surface area contributed by atoms with Crippen molar-refractivity contribution in [2.24, 2.45) is 4.99 Å². The predicted octanol–water partition coefficient (Wildman–Crippen LogP) is 2.97. The highest BCUT2D eigenvalue weighted by Crippen LogP contribution is 2.26. The van der Waals surface area contributed by atoms with E-state index in [0.29, 0.717) is 24.6 Å². The summed E-state index contributed by atoms with van der Waals surface area (Å²) in [7, 11) is 0. The zero-order valence-corrected chi connectivity index (χ0v) is 14.5. The van der Waals surface area contributed by atoms with Gasteiger partial charge in [0, 0.05) is 37.0 Å². The third-order valence-electron chi connectivity index (χ3n) is 4.42. The molecule has 0 radical (unpaired) electrons. The second-order valence-corrected chi connectivity index (χ2v) is 6.04. The molecule has 1 aliphatic heterocycles. The van der Waals surface area contributed by atoms with Gasteiger partial charge in [-0.1, -0.05) is 13.8 Å². The highest BCUT2D eigenvalue weighted by atomic mass is 16.1. The molecular formula is C18H28N4O. The highest BCUT2D eigenvalue weighted by molar-refractivity contribution is 6.10. The molecule has 1 atom stereocenters. The Labute approximate surface area is 139 Å². The number of carbonyl (C=O) groups excluding carboxylic acids is 1. The first-order valence-electron chi connectivity index (χ1n) is 8.65. The standard InChI is InChI=1S/C18H28N4O/c1-4-22(5-2)12-6-7-14(3)21-13-16-18-15(8-10-19-16)17(23)9-11-20-18/h8,10-11,14,21H,4-7,9,12-13H2,1-3H3. The lowest BCUT2D eigenvalue weighted by Gasteiger charge is -2.20. The normalized spacial score (nSPS) is 15.0. The molecule has 1 aromatic rings. The van der Waals surface area contributed by atoms with E-state index in [1.54, 1.807) is 18.5 Å². The fourth-order valence-corrected chi connectivity index (χ4v) is 2.86. The molecule has 0 saturated carbocycles. The number of hydrogen-bond acceptors (Lipinski definition) is 5. The number of rotatable bonds is 9. The van der Waals surface area contributed by atoms with Gasteiger partial charge in [-0.05, 0) is 45.5 Å². The average Bonchev–Trinajstić information content (AvgIpc) is 2.57. The molecule has 1 unspecified atom stereocenters. The first kappa shape index (κ1) is 17.8. The van der Waals surface area contributed by atoms with Crippen LogP contribution in [0.3, 0.4) is 0 Å². The lowest BCUT2D eigenvalue weighted by Crippen LogP contribution is -2.29. The van der Waals surface area contributed by atoms with Gasteiger partial charge in [0.2, 0.25) is 0 Å². The minimum atomic E-state index is 0.130. The number of aliphatic imine (C=N–C) groups is 1. The Morgan fingerprint density at radius 1 is 1.35 bits per heavy atom. The molecule has 126 valence electrons. The third-order valence-corrected chi connectivity index (χ3v) is 4.42. The van der Waals surface area contributed by atoms with Crippen molar-refractivity contribution in [3.05, 3.63) is 23.5 Å². The van der Waals surface area contributed by atoms with Crippen molar-refractivity contribution in [3.8, 4) is 0 Å². The summed E-state index contributed by atoms with van der Waals surface area (Å²) in [6.45, 7) is 10.6. The van der Waals surface area contributed by atoms with Gasteiger partial charge in [0.15, 0.2) is 5.78 Å². The smallest absolute Gasteiger partial charge is 0.170 e. The van der Waals surface area contributed by atoms with Crippen LogP contribution < -0.4 is 5.32 Å². The first-order valence-corrected chi connectivity index (χ1v) is 8.65. The number of aromatic nitrogens is 1. The summed E-state index contributed by atoms with van der Waals surface area (Å²) in [4.78, 5) is 23.1. The third kappa shape index (κ3) is 4.94. The number of nitrogens with one attached hydrogen (secondary N) is 1. The summed E-state index contributed by atoms with van der Waals surface area (Å²) in [6, 6.07) is 2.19. The molecule has 1 aromatic heterocycles. The van der Waals surface area contributed by atoms with Crippen molar-refractivity contribution in [1.82, 2.24) is 15.2 Å². The van der Waals surface area contributed by atoms with Crippen LogP contribution in [0.2, 0.25) is 0 Å². The summed E-state index contributed by atoms with van der Waals surface area (Å²) in [5, 5.41) is 3.51. The Morgan fingerprint density at radius 3 is 2.87 bits per heavy atom. The first-order chi connectivity index (χ1) is 11.2. The zero-order valence-electron chi connectivity index (χ0n) is 14.5. The van der Waals surface area contributed by atoms with Crippen LogP contribution in [0.4, 0.5) is 5.69 Å². The van der Waals surface area contributed by atoms with Crippen LogP contribution in [-0.4, -0.2) is 47.6 Å². The fourth-order valence-electron chi connectivity index (χ4n) is 2.86. The van der Waals surface area contributed by atoms with Gasteiger partial charge in [-0.3, -0.25) is 14.8 Å². The second-order valence-electron chi connectivity index (χ2n) is 6.04. The number of fused-ring (bicyclic) bond motifs is 1. The summed E-state index contributed by atoms with van der Waals surface area (Å²) >= 11 is 0. The topological polar surface area (TPSA) is 57.6 Å². The van der Waals surface area contributed by atoms with E-state index >= 15 is 0 Å². The Bertz CT molecular complexity index is 552. The summed E-state index contributed by atoms with van der Waals surface area (Å²) in [5.74, 6) is 0.130. The molecule has 0 spiro atoms. The number of ketones is 1. The molecule has 0 aliphatic carbocycles. The Hall–Kier alpha value is -1.59. The van der Waals surface area contributed by atoms with E-state index in [2.05, 4.69) is 41.0 Å². The molecule has 0 bridgehead atoms. The molecule has 0 aromatic carbocycles. The quantitative estimate of drug-likeness (QED) is 0.761. The van der Waals surface area contributed by atoms with Gasteiger partial charge in [0.25, 0.3) is 0 Å². The van der Waals surface area contributed by atoms with Crippen LogP contribution in [0, 0.1) is 0 Å². The SMILES string of the molecule is CCN(CC)CCCC(C)NCc1nccc2c1N=CCC2=O. The highest BCUT2D eigenvalue weighted by Gasteiger charge is 2.18. The van der Waals surface area contributed by atoms with Gasteiger partial charge < -0.3 is 10.2 Å². The molecular weight excluding hydrogens is 288 g/mol. The summed E-state index contributed by atoms with van der Waals surface area (Å²) in [5.41, 5.74) is 2.31. The molecule has 2 rings (SSSR count). The Balaban J connectivity index is 1.84. The monoisotopic (exact) mass is 316 g/mol. The fraction of sp³-hybridized carbons (Fsp3) is 0.611. The van der Waals surface area contributed by atoms with Crippen LogP contribution in [-0.2, 0) is 6.54 Å². The van der Waals surface area contributed by atoms with Gasteiger partial charge in [-0.25, -0.2) is 0 Å². The lowest BCUT2D eigenvalue weighted by atomic mass is 10.0. The van der Waals surface area contributed by atoms with Crippen molar-refractivity contribution < 1.29 is 4.79 Å². The maximum absolute atomic E-state index is 11.9.